The van der Waals surface area contributed by atoms with Crippen molar-refractivity contribution in [2.45, 2.75) is 18.2 Å². The molecule has 4 heteroatoms. The fraction of sp³-hybridized carbons (Fsp3) is 0.417. The summed E-state index contributed by atoms with van der Waals surface area (Å²) in [7, 11) is 1.64. The highest BCUT2D eigenvalue weighted by Gasteiger charge is 2.02. The molecule has 0 atom stereocenters. The molecule has 0 aliphatic heterocycles. The minimum atomic E-state index is -0.141. The van der Waals surface area contributed by atoms with E-state index in [9.17, 15) is 4.79 Å². The summed E-state index contributed by atoms with van der Waals surface area (Å²) in [6, 6.07) is 7.79. The first-order chi connectivity index (χ1) is 7.76. The number of ether oxygens (including phenoxy) is 2. The Morgan fingerprint density at radius 3 is 2.94 bits per heavy atom. The molecule has 0 aliphatic carbocycles. The predicted octanol–water partition coefficient (Wildman–Crippen LogP) is 2.74. The van der Waals surface area contributed by atoms with E-state index in [-0.39, 0.29) is 5.97 Å². The first kappa shape index (κ1) is 12.9. The van der Waals surface area contributed by atoms with E-state index in [0.29, 0.717) is 13.0 Å². The van der Waals surface area contributed by atoms with Gasteiger partial charge in [0.25, 0.3) is 0 Å². The van der Waals surface area contributed by atoms with Gasteiger partial charge in [0.05, 0.1) is 20.1 Å². The average Bonchev–Trinajstić information content (AvgIpc) is 2.30. The Morgan fingerprint density at radius 1 is 1.44 bits per heavy atom. The summed E-state index contributed by atoms with van der Waals surface area (Å²) in [6.45, 7) is 2.26. The Labute approximate surface area is 100 Å². The molecular formula is C12H16O3S. The van der Waals surface area contributed by atoms with E-state index in [1.165, 1.54) is 0 Å². The Hall–Kier alpha value is -1.16. The van der Waals surface area contributed by atoms with Crippen molar-refractivity contribution in [3.8, 4) is 5.75 Å². The van der Waals surface area contributed by atoms with Gasteiger partial charge in [-0.15, -0.1) is 11.8 Å². The fourth-order valence-corrected chi connectivity index (χ4v) is 2.06. The predicted molar refractivity (Wildman–Crippen MR) is 65.0 cm³/mol. The van der Waals surface area contributed by atoms with E-state index in [1.807, 2.05) is 31.2 Å². The molecule has 0 radical (unpaired) electrons. The standard InChI is InChI=1S/C12H16O3S/c1-3-15-12(13)7-8-16-11-6-4-5-10(9-11)14-2/h4-6,9H,3,7-8H2,1-2H3. The fourth-order valence-electron chi connectivity index (χ4n) is 1.18. The summed E-state index contributed by atoms with van der Waals surface area (Å²) in [6.07, 6.45) is 0.440. The minimum Gasteiger partial charge on any atom is -0.497 e. The highest BCUT2D eigenvalue weighted by molar-refractivity contribution is 7.99. The third-order valence-electron chi connectivity index (χ3n) is 1.92. The zero-order chi connectivity index (χ0) is 11.8. The number of carbonyl (C=O) groups excluding carboxylic acids is 1. The largest absolute Gasteiger partial charge is 0.497 e. The van der Waals surface area contributed by atoms with Crippen LogP contribution in [0.4, 0.5) is 0 Å². The van der Waals surface area contributed by atoms with Crippen molar-refractivity contribution in [1.82, 2.24) is 0 Å². The lowest BCUT2D eigenvalue weighted by Crippen LogP contribution is -2.04. The molecule has 0 N–H and O–H groups in total. The molecule has 1 aromatic rings. The van der Waals surface area contributed by atoms with Crippen molar-refractivity contribution in [2.75, 3.05) is 19.5 Å². The van der Waals surface area contributed by atoms with E-state index in [0.717, 1.165) is 16.4 Å². The second kappa shape index (κ2) is 7.17. The molecule has 0 unspecified atom stereocenters. The van der Waals surface area contributed by atoms with Gasteiger partial charge in [-0.25, -0.2) is 0 Å². The topological polar surface area (TPSA) is 35.5 Å². The summed E-state index contributed by atoms with van der Waals surface area (Å²) in [4.78, 5) is 12.2. The highest BCUT2D eigenvalue weighted by Crippen LogP contribution is 2.23. The molecule has 0 spiro atoms. The summed E-state index contributed by atoms with van der Waals surface area (Å²) in [5, 5.41) is 0. The van der Waals surface area contributed by atoms with Crippen LogP contribution in [0.2, 0.25) is 0 Å². The monoisotopic (exact) mass is 240 g/mol. The van der Waals surface area contributed by atoms with Crippen molar-refractivity contribution in [3.05, 3.63) is 24.3 Å². The van der Waals surface area contributed by atoms with Gasteiger partial charge in [0.2, 0.25) is 0 Å². The molecular weight excluding hydrogens is 224 g/mol. The van der Waals surface area contributed by atoms with Gasteiger partial charge >= 0.3 is 5.97 Å². The van der Waals surface area contributed by atoms with Crippen LogP contribution in [-0.4, -0.2) is 25.4 Å². The molecule has 0 saturated heterocycles. The molecule has 0 fully saturated rings. The Morgan fingerprint density at radius 2 is 2.25 bits per heavy atom. The number of rotatable bonds is 6. The van der Waals surface area contributed by atoms with Gasteiger partial charge in [-0.05, 0) is 25.1 Å². The third kappa shape index (κ3) is 4.57. The lowest BCUT2D eigenvalue weighted by atomic mass is 10.3. The Bertz CT molecular complexity index is 339. The SMILES string of the molecule is CCOC(=O)CCSc1cccc(OC)c1. The molecule has 0 saturated carbocycles. The molecule has 0 amide bonds. The quantitative estimate of drug-likeness (QED) is 0.566. The van der Waals surface area contributed by atoms with Crippen LogP contribution in [0.15, 0.2) is 29.2 Å². The number of esters is 1. The second-order valence-electron chi connectivity index (χ2n) is 3.08. The summed E-state index contributed by atoms with van der Waals surface area (Å²) in [5.41, 5.74) is 0. The molecule has 0 aromatic heterocycles. The first-order valence-corrected chi connectivity index (χ1v) is 6.17. The summed E-state index contributed by atoms with van der Waals surface area (Å²) in [5.74, 6) is 1.42. The van der Waals surface area contributed by atoms with Crippen molar-refractivity contribution in [3.63, 3.8) is 0 Å². The molecule has 1 rings (SSSR count). The van der Waals surface area contributed by atoms with Crippen molar-refractivity contribution in [1.29, 1.82) is 0 Å². The van der Waals surface area contributed by atoms with Crippen LogP contribution in [0, 0.1) is 0 Å². The Balaban J connectivity index is 2.34. The number of carbonyl (C=O) groups is 1. The van der Waals surface area contributed by atoms with E-state index < -0.39 is 0 Å². The van der Waals surface area contributed by atoms with Crippen LogP contribution in [-0.2, 0) is 9.53 Å². The molecule has 16 heavy (non-hydrogen) atoms. The van der Waals surface area contributed by atoms with Gasteiger partial charge in [0.1, 0.15) is 5.75 Å². The van der Waals surface area contributed by atoms with Gasteiger partial charge in [0.15, 0.2) is 0 Å². The number of thioether (sulfide) groups is 1. The normalized spacial score (nSPS) is 9.88. The molecule has 3 nitrogen and oxygen atoms in total. The number of methoxy groups -OCH3 is 1. The molecule has 1 aromatic carbocycles. The number of benzene rings is 1. The van der Waals surface area contributed by atoms with Crippen molar-refractivity contribution in [2.24, 2.45) is 0 Å². The first-order valence-electron chi connectivity index (χ1n) is 5.18. The summed E-state index contributed by atoms with van der Waals surface area (Å²) < 4.78 is 9.96. The maximum atomic E-state index is 11.1. The van der Waals surface area contributed by atoms with E-state index in [2.05, 4.69) is 0 Å². The van der Waals surface area contributed by atoms with Crippen LogP contribution >= 0.6 is 11.8 Å². The lowest BCUT2D eigenvalue weighted by Gasteiger charge is -2.04. The maximum absolute atomic E-state index is 11.1. The summed E-state index contributed by atoms with van der Waals surface area (Å²) >= 11 is 1.62. The second-order valence-corrected chi connectivity index (χ2v) is 4.25. The molecule has 0 aliphatic rings. The lowest BCUT2D eigenvalue weighted by molar-refractivity contribution is -0.142. The zero-order valence-corrected chi connectivity index (χ0v) is 10.4. The van der Waals surface area contributed by atoms with Gasteiger partial charge in [-0.2, -0.15) is 0 Å². The Kier molecular flexibility index (Phi) is 5.78. The molecule has 0 bridgehead atoms. The van der Waals surface area contributed by atoms with Crippen molar-refractivity contribution < 1.29 is 14.3 Å². The molecule has 0 heterocycles. The smallest absolute Gasteiger partial charge is 0.306 e. The highest BCUT2D eigenvalue weighted by atomic mass is 32.2. The van der Waals surface area contributed by atoms with Gasteiger partial charge in [-0.3, -0.25) is 4.79 Å². The number of hydrogen-bond acceptors (Lipinski definition) is 4. The average molecular weight is 240 g/mol. The van der Waals surface area contributed by atoms with Crippen LogP contribution in [0.3, 0.4) is 0 Å². The van der Waals surface area contributed by atoms with Crippen LogP contribution in [0.5, 0.6) is 5.75 Å². The minimum absolute atomic E-state index is 0.141. The zero-order valence-electron chi connectivity index (χ0n) is 9.56. The maximum Gasteiger partial charge on any atom is 0.306 e. The van der Waals surface area contributed by atoms with Crippen LogP contribution in [0.1, 0.15) is 13.3 Å². The van der Waals surface area contributed by atoms with Crippen LogP contribution in [0.25, 0.3) is 0 Å². The molecule has 88 valence electrons. The van der Waals surface area contributed by atoms with Crippen molar-refractivity contribution >= 4 is 17.7 Å². The van der Waals surface area contributed by atoms with E-state index in [1.54, 1.807) is 18.9 Å². The number of hydrogen-bond donors (Lipinski definition) is 0. The van der Waals surface area contributed by atoms with E-state index >= 15 is 0 Å². The van der Waals surface area contributed by atoms with Crippen LogP contribution < -0.4 is 4.74 Å². The van der Waals surface area contributed by atoms with Gasteiger partial charge < -0.3 is 9.47 Å². The van der Waals surface area contributed by atoms with Gasteiger partial charge in [0, 0.05) is 10.6 Å². The van der Waals surface area contributed by atoms with Gasteiger partial charge in [-0.1, -0.05) is 6.07 Å². The third-order valence-corrected chi connectivity index (χ3v) is 2.92. The van der Waals surface area contributed by atoms with E-state index in [4.69, 9.17) is 9.47 Å².